The molecule has 0 aromatic heterocycles. The molecule has 1 amide bonds. The van der Waals surface area contributed by atoms with E-state index in [0.29, 0.717) is 41.8 Å². The highest BCUT2D eigenvalue weighted by Gasteiger charge is 2.33. The minimum Gasteiger partial charge on any atom is -0.495 e. The lowest BCUT2D eigenvalue weighted by Gasteiger charge is -2.39. The number of piperidine rings is 1. The molecule has 1 heterocycles. The van der Waals surface area contributed by atoms with Gasteiger partial charge in [-0.05, 0) is 46.3 Å². The number of nitrogens with zero attached hydrogens (tertiary/aromatic N) is 1. The van der Waals surface area contributed by atoms with Gasteiger partial charge in [-0.3, -0.25) is 4.79 Å². The van der Waals surface area contributed by atoms with Crippen LogP contribution in [-0.4, -0.2) is 48.3 Å². The fourth-order valence-corrected chi connectivity index (χ4v) is 4.13. The molecule has 7 nitrogen and oxygen atoms in total. The first-order valence-electron chi connectivity index (χ1n) is 10.3. The van der Waals surface area contributed by atoms with Crippen LogP contribution in [0.3, 0.4) is 0 Å². The molecule has 0 spiro atoms. The number of carbonyl (C=O) groups is 2. The molecule has 1 aliphatic heterocycles. The Hall–Kier alpha value is -2.81. The van der Waals surface area contributed by atoms with E-state index in [9.17, 15) is 14.0 Å². The van der Waals surface area contributed by atoms with Crippen LogP contribution in [0.25, 0.3) is 0 Å². The van der Waals surface area contributed by atoms with Gasteiger partial charge in [-0.2, -0.15) is 0 Å². The van der Waals surface area contributed by atoms with E-state index in [2.05, 4.69) is 21.2 Å². The van der Waals surface area contributed by atoms with Crippen LogP contribution < -0.4 is 10.1 Å². The molecule has 2 atom stereocenters. The Morgan fingerprint density at radius 3 is 2.72 bits per heavy atom. The molecule has 2 aromatic rings. The molecule has 1 fully saturated rings. The van der Waals surface area contributed by atoms with E-state index in [4.69, 9.17) is 14.6 Å². The zero-order valence-electron chi connectivity index (χ0n) is 17.7. The Balaban J connectivity index is 1.68. The summed E-state index contributed by atoms with van der Waals surface area (Å²) < 4.78 is 25.2. The van der Waals surface area contributed by atoms with Crippen LogP contribution >= 0.6 is 15.9 Å². The number of hydrogen-bond donors (Lipinski definition) is 2. The molecular formula is C23H26BrFN2O5. The van der Waals surface area contributed by atoms with Crippen LogP contribution in [0.15, 0.2) is 46.9 Å². The lowest BCUT2D eigenvalue weighted by molar-refractivity contribution is -0.137. The van der Waals surface area contributed by atoms with Crippen LogP contribution in [0.1, 0.15) is 24.8 Å². The summed E-state index contributed by atoms with van der Waals surface area (Å²) >= 11 is 3.15. The van der Waals surface area contributed by atoms with Crippen molar-refractivity contribution in [2.24, 2.45) is 5.92 Å². The SMILES string of the molecule is COc1cc(Br)c(F)cc1NC1CCN(C(=O)OCc2ccccc2)CC1CCC(=O)O. The van der Waals surface area contributed by atoms with Gasteiger partial charge in [-0.25, -0.2) is 9.18 Å². The third kappa shape index (κ3) is 6.35. The van der Waals surface area contributed by atoms with E-state index in [0.717, 1.165) is 5.56 Å². The second kappa shape index (κ2) is 11.2. The van der Waals surface area contributed by atoms with Crippen molar-refractivity contribution in [2.75, 3.05) is 25.5 Å². The fraction of sp³-hybridized carbons (Fsp3) is 0.391. The third-order valence-corrected chi connectivity index (χ3v) is 6.12. The van der Waals surface area contributed by atoms with Crippen molar-refractivity contribution in [1.82, 2.24) is 4.90 Å². The number of hydrogen-bond acceptors (Lipinski definition) is 5. The molecule has 0 saturated carbocycles. The van der Waals surface area contributed by atoms with Crippen LogP contribution in [0.4, 0.5) is 14.9 Å². The quantitative estimate of drug-likeness (QED) is 0.527. The van der Waals surface area contributed by atoms with Crippen molar-refractivity contribution in [1.29, 1.82) is 0 Å². The monoisotopic (exact) mass is 508 g/mol. The van der Waals surface area contributed by atoms with Crippen molar-refractivity contribution in [3.8, 4) is 5.75 Å². The van der Waals surface area contributed by atoms with Crippen LogP contribution in [0, 0.1) is 11.7 Å². The second-order valence-electron chi connectivity index (χ2n) is 7.68. The number of benzene rings is 2. The largest absolute Gasteiger partial charge is 0.495 e. The van der Waals surface area contributed by atoms with Gasteiger partial charge >= 0.3 is 12.1 Å². The van der Waals surface area contributed by atoms with Crippen molar-refractivity contribution in [3.63, 3.8) is 0 Å². The third-order valence-electron chi connectivity index (χ3n) is 5.51. The van der Waals surface area contributed by atoms with Crippen molar-refractivity contribution in [3.05, 3.63) is 58.3 Å². The zero-order valence-corrected chi connectivity index (χ0v) is 19.3. The van der Waals surface area contributed by atoms with Gasteiger partial charge in [0.25, 0.3) is 0 Å². The van der Waals surface area contributed by atoms with E-state index in [1.54, 1.807) is 11.0 Å². The highest BCUT2D eigenvalue weighted by molar-refractivity contribution is 9.10. The number of aliphatic carboxylic acids is 1. The predicted octanol–water partition coefficient (Wildman–Crippen LogP) is 4.90. The molecule has 0 radical (unpaired) electrons. The maximum Gasteiger partial charge on any atom is 0.410 e. The van der Waals surface area contributed by atoms with E-state index in [-0.39, 0.29) is 25.0 Å². The van der Waals surface area contributed by atoms with Gasteiger partial charge in [0.05, 0.1) is 17.3 Å². The van der Waals surface area contributed by atoms with Crippen LogP contribution in [-0.2, 0) is 16.1 Å². The van der Waals surface area contributed by atoms with Crippen LogP contribution in [0.2, 0.25) is 0 Å². The van der Waals surface area contributed by atoms with E-state index in [1.165, 1.54) is 13.2 Å². The van der Waals surface area contributed by atoms with Gasteiger partial charge in [-0.1, -0.05) is 30.3 Å². The molecule has 3 rings (SSSR count). The van der Waals surface area contributed by atoms with Crippen molar-refractivity contribution >= 4 is 33.7 Å². The molecule has 32 heavy (non-hydrogen) atoms. The standard InChI is InChI=1S/C23H26BrFN2O5/c1-31-21-11-17(24)18(25)12-20(21)26-19-9-10-27(13-16(19)7-8-22(28)29)23(30)32-14-15-5-3-2-4-6-15/h2-6,11-12,16,19,26H,7-10,13-14H2,1H3,(H,28,29). The average Bonchev–Trinajstić information content (AvgIpc) is 2.79. The fourth-order valence-electron chi connectivity index (χ4n) is 3.81. The number of nitrogens with one attached hydrogen (secondary N) is 1. The molecule has 1 saturated heterocycles. The first-order valence-corrected chi connectivity index (χ1v) is 11.1. The topological polar surface area (TPSA) is 88.1 Å². The van der Waals surface area contributed by atoms with E-state index >= 15 is 0 Å². The molecule has 172 valence electrons. The number of carboxylic acid groups (broad SMARTS) is 1. The van der Waals surface area contributed by atoms with Crippen molar-refractivity contribution < 1.29 is 28.6 Å². The first kappa shape index (κ1) is 23.8. The van der Waals surface area contributed by atoms with Crippen LogP contribution in [0.5, 0.6) is 5.75 Å². The summed E-state index contributed by atoms with van der Waals surface area (Å²) in [6.07, 6.45) is 0.476. The number of carbonyl (C=O) groups excluding carboxylic acids is 1. The molecule has 2 aromatic carbocycles. The maximum absolute atomic E-state index is 14.1. The first-order chi connectivity index (χ1) is 15.4. The smallest absolute Gasteiger partial charge is 0.410 e. The number of anilines is 1. The molecule has 0 bridgehead atoms. The maximum atomic E-state index is 14.1. The number of likely N-dealkylation sites (tertiary alicyclic amines) is 1. The van der Waals surface area contributed by atoms with Gasteiger partial charge in [0.1, 0.15) is 18.2 Å². The lowest BCUT2D eigenvalue weighted by atomic mass is 9.88. The molecule has 0 aliphatic carbocycles. The number of amides is 1. The van der Waals surface area contributed by atoms with Gasteiger partial charge in [-0.15, -0.1) is 0 Å². The summed E-state index contributed by atoms with van der Waals surface area (Å²) in [6.45, 7) is 0.961. The molecule has 2 N–H and O–H groups in total. The number of carboxylic acids is 1. The molecular weight excluding hydrogens is 483 g/mol. The Kier molecular flexibility index (Phi) is 8.33. The number of halogens is 2. The van der Waals surface area contributed by atoms with Gasteiger partial charge in [0.15, 0.2) is 0 Å². The Bertz CT molecular complexity index is 943. The zero-order chi connectivity index (χ0) is 23.1. The molecule has 1 aliphatic rings. The predicted molar refractivity (Wildman–Crippen MR) is 121 cm³/mol. The normalized spacial score (nSPS) is 18.2. The second-order valence-corrected chi connectivity index (χ2v) is 8.54. The molecule has 9 heteroatoms. The van der Waals surface area contributed by atoms with Crippen molar-refractivity contribution in [2.45, 2.75) is 31.9 Å². The Morgan fingerprint density at radius 2 is 2.03 bits per heavy atom. The number of ether oxygens (including phenoxy) is 2. The molecule has 2 unspecified atom stereocenters. The van der Waals surface area contributed by atoms with E-state index < -0.39 is 17.9 Å². The van der Waals surface area contributed by atoms with E-state index in [1.807, 2.05) is 30.3 Å². The minimum absolute atomic E-state index is 0.0262. The Labute approximate surface area is 194 Å². The van der Waals surface area contributed by atoms with Gasteiger partial charge < -0.3 is 24.8 Å². The highest BCUT2D eigenvalue weighted by Crippen LogP contribution is 2.34. The van der Waals surface area contributed by atoms with Gasteiger partial charge in [0, 0.05) is 31.6 Å². The summed E-state index contributed by atoms with van der Waals surface area (Å²) in [5.41, 5.74) is 1.38. The minimum atomic E-state index is -0.903. The van der Waals surface area contributed by atoms with Gasteiger partial charge in [0.2, 0.25) is 0 Å². The summed E-state index contributed by atoms with van der Waals surface area (Å²) in [5, 5.41) is 12.5. The summed E-state index contributed by atoms with van der Waals surface area (Å²) in [6, 6.07) is 12.1. The summed E-state index contributed by atoms with van der Waals surface area (Å²) in [4.78, 5) is 25.4. The average molecular weight is 509 g/mol. The number of methoxy groups -OCH3 is 1. The number of rotatable bonds is 8. The summed E-state index contributed by atoms with van der Waals surface area (Å²) in [5.74, 6) is -1.02. The Morgan fingerprint density at radius 1 is 1.28 bits per heavy atom. The lowest BCUT2D eigenvalue weighted by Crippen LogP contribution is -2.48. The summed E-state index contributed by atoms with van der Waals surface area (Å²) in [7, 11) is 1.50. The highest BCUT2D eigenvalue weighted by atomic mass is 79.9.